The molecular weight excluding hydrogens is 525 g/mol. The molecule has 8 nitrogen and oxygen atoms in total. The Balaban J connectivity index is 0.941. The molecule has 8 atom stereocenters. The molecule has 3 aliphatic heterocycles. The van der Waals surface area contributed by atoms with Crippen molar-refractivity contribution in [2.75, 3.05) is 57.3 Å². The lowest BCUT2D eigenvalue weighted by Crippen LogP contribution is -2.50. The molecule has 3 saturated heterocycles. The zero-order valence-electron chi connectivity index (χ0n) is 21.7. The fourth-order valence-electron chi connectivity index (χ4n) is 8.52. The smallest absolute Gasteiger partial charge is 0.317 e. The number of hydrogen-bond donors (Lipinski definition) is 1. The van der Waals surface area contributed by atoms with Crippen molar-refractivity contribution in [2.24, 2.45) is 41.4 Å². The summed E-state index contributed by atoms with van der Waals surface area (Å²) < 4.78 is 0. The first-order valence-electron chi connectivity index (χ1n) is 14.1. The van der Waals surface area contributed by atoms with Crippen LogP contribution in [0.4, 0.5) is 10.5 Å². The highest BCUT2D eigenvalue weighted by atomic mass is 35.5. The van der Waals surface area contributed by atoms with Crippen LogP contribution in [0.5, 0.6) is 0 Å². The molecule has 4 amide bonds. The van der Waals surface area contributed by atoms with Crippen LogP contribution in [0.15, 0.2) is 18.2 Å². The average molecular weight is 561 g/mol. The molecule has 0 radical (unpaired) electrons. The number of fused-ring (bicyclic) bond motifs is 5. The molecule has 1 N–H and O–H groups in total. The van der Waals surface area contributed by atoms with Crippen LogP contribution in [0.3, 0.4) is 0 Å². The van der Waals surface area contributed by atoms with Crippen molar-refractivity contribution in [3.8, 4) is 0 Å². The van der Waals surface area contributed by atoms with Crippen molar-refractivity contribution in [1.82, 2.24) is 20.0 Å². The second-order valence-electron chi connectivity index (χ2n) is 12.3. The normalized spacial score (nSPS) is 38.4. The van der Waals surface area contributed by atoms with E-state index in [2.05, 4.69) is 22.0 Å². The number of halogens is 2. The third kappa shape index (κ3) is 3.85. The van der Waals surface area contributed by atoms with Gasteiger partial charge in [0, 0.05) is 58.4 Å². The molecule has 0 spiro atoms. The van der Waals surface area contributed by atoms with Crippen LogP contribution in [-0.4, -0.2) is 90.9 Å². The Morgan fingerprint density at radius 1 is 0.895 bits per heavy atom. The molecule has 38 heavy (non-hydrogen) atoms. The molecule has 6 fully saturated rings. The van der Waals surface area contributed by atoms with Crippen LogP contribution in [0.1, 0.15) is 19.8 Å². The summed E-state index contributed by atoms with van der Waals surface area (Å²) in [7, 11) is 0. The van der Waals surface area contributed by atoms with E-state index in [4.69, 9.17) is 23.2 Å². The van der Waals surface area contributed by atoms with E-state index in [0.29, 0.717) is 41.5 Å². The first-order chi connectivity index (χ1) is 18.3. The third-order valence-corrected chi connectivity index (χ3v) is 11.3. The van der Waals surface area contributed by atoms with Gasteiger partial charge in [0.25, 0.3) is 0 Å². The first kappa shape index (κ1) is 25.0. The number of nitrogens with one attached hydrogen (secondary N) is 1. The molecule has 204 valence electrons. The number of carbonyl (C=O) groups is 3. The summed E-state index contributed by atoms with van der Waals surface area (Å²) in [6, 6.07) is 5.84. The van der Waals surface area contributed by atoms with Gasteiger partial charge in [-0.3, -0.25) is 19.4 Å². The van der Waals surface area contributed by atoms with Gasteiger partial charge in [-0.1, -0.05) is 36.2 Å². The molecule has 3 aliphatic carbocycles. The topological polar surface area (TPSA) is 76.2 Å². The Hall–Kier alpha value is -2.03. The van der Waals surface area contributed by atoms with Crippen LogP contribution in [0.2, 0.25) is 10.0 Å². The average Bonchev–Trinajstić information content (AvgIpc) is 3.17. The van der Waals surface area contributed by atoms with Gasteiger partial charge < -0.3 is 15.1 Å². The number of anilines is 1. The fraction of sp³-hybridized carbons (Fsp3) is 0.679. The van der Waals surface area contributed by atoms with Crippen molar-refractivity contribution in [3.05, 3.63) is 28.2 Å². The summed E-state index contributed by atoms with van der Waals surface area (Å²) in [5.41, 5.74) is 0.996. The van der Waals surface area contributed by atoms with Crippen LogP contribution >= 0.6 is 23.2 Å². The summed E-state index contributed by atoms with van der Waals surface area (Å²) in [6.07, 6.45) is 1.97. The molecule has 3 saturated carbocycles. The molecule has 1 aromatic rings. The molecule has 1 aromatic carbocycles. The molecule has 3 heterocycles. The Kier molecular flexibility index (Phi) is 6.09. The van der Waals surface area contributed by atoms with Gasteiger partial charge in [0.2, 0.25) is 11.8 Å². The van der Waals surface area contributed by atoms with Crippen LogP contribution < -0.4 is 10.2 Å². The largest absolute Gasteiger partial charge is 0.368 e. The van der Waals surface area contributed by atoms with Crippen molar-refractivity contribution in [1.29, 1.82) is 0 Å². The molecule has 7 rings (SSSR count). The molecule has 0 aromatic heterocycles. The number of imide groups is 1. The summed E-state index contributed by atoms with van der Waals surface area (Å²) in [6.45, 7) is 8.85. The monoisotopic (exact) mass is 559 g/mol. The van der Waals surface area contributed by atoms with E-state index >= 15 is 0 Å². The Labute approximate surface area is 233 Å². The van der Waals surface area contributed by atoms with Crippen molar-refractivity contribution >= 4 is 46.7 Å². The number of piperazine rings is 1. The van der Waals surface area contributed by atoms with E-state index in [0.717, 1.165) is 51.3 Å². The summed E-state index contributed by atoms with van der Waals surface area (Å²) in [5.74, 6) is 1.21. The minimum absolute atomic E-state index is 0.0168. The quantitative estimate of drug-likeness (QED) is 0.542. The highest BCUT2D eigenvalue weighted by Gasteiger charge is 2.68. The number of urea groups is 1. The summed E-state index contributed by atoms with van der Waals surface area (Å²) in [5, 5.41) is 4.11. The van der Waals surface area contributed by atoms with Gasteiger partial charge in [-0.05, 0) is 54.6 Å². The Morgan fingerprint density at radius 2 is 1.61 bits per heavy atom. The highest BCUT2D eigenvalue weighted by molar-refractivity contribution is 6.43. The predicted molar refractivity (Wildman–Crippen MR) is 145 cm³/mol. The maximum Gasteiger partial charge on any atom is 0.317 e. The Morgan fingerprint density at radius 3 is 2.32 bits per heavy atom. The van der Waals surface area contributed by atoms with Gasteiger partial charge in [-0.25, -0.2) is 4.79 Å². The molecule has 6 unspecified atom stereocenters. The lowest BCUT2D eigenvalue weighted by Gasteiger charge is -2.38. The van der Waals surface area contributed by atoms with Crippen LogP contribution in [0, 0.1) is 41.4 Å². The summed E-state index contributed by atoms with van der Waals surface area (Å²) in [4.78, 5) is 47.8. The molecule has 2 bridgehead atoms. The number of hydrogen-bond acceptors (Lipinski definition) is 5. The van der Waals surface area contributed by atoms with E-state index in [1.54, 1.807) is 4.90 Å². The lowest BCUT2D eigenvalue weighted by molar-refractivity contribution is -0.141. The lowest BCUT2D eigenvalue weighted by atomic mass is 9.72. The highest BCUT2D eigenvalue weighted by Crippen LogP contribution is 2.60. The van der Waals surface area contributed by atoms with Crippen molar-refractivity contribution < 1.29 is 14.4 Å². The number of likely N-dealkylation sites (tertiary alicyclic amines) is 1. The number of benzene rings is 1. The second kappa shape index (κ2) is 9.27. The van der Waals surface area contributed by atoms with E-state index in [-0.39, 0.29) is 53.5 Å². The molecular formula is C28H35Cl2N5O3. The summed E-state index contributed by atoms with van der Waals surface area (Å²) >= 11 is 12.6. The van der Waals surface area contributed by atoms with Gasteiger partial charge in [-0.2, -0.15) is 0 Å². The SMILES string of the molecule is CC1C2CC(C3C(=O)N(C[C@H]4C[C@@H]4CN4CCN(c5cccc(Cl)c5Cl)CC4)C(=O)C23)C1N1CCNC1=O. The standard InChI is InChI=1S/C28H35Cl2N5O3/c1-15-18-12-19(25(15)34-6-5-31-28(34)38)23-22(18)26(36)35(27(23)37)14-17-11-16(17)13-32-7-9-33(10-8-32)21-4-2-3-20(29)24(21)30/h2-4,15-19,22-23,25H,5-14H2,1H3,(H,31,38)/t15?,16-,17-,18?,19?,22?,23?,25?/m1/s1. The van der Waals surface area contributed by atoms with E-state index in [9.17, 15) is 14.4 Å². The predicted octanol–water partition coefficient (Wildman–Crippen LogP) is 3.03. The maximum absolute atomic E-state index is 13.6. The van der Waals surface area contributed by atoms with Crippen LogP contribution in [0.25, 0.3) is 0 Å². The number of rotatable bonds is 6. The van der Waals surface area contributed by atoms with Crippen molar-refractivity contribution in [2.45, 2.75) is 25.8 Å². The molecule has 6 aliphatic rings. The van der Waals surface area contributed by atoms with Gasteiger partial charge in [0.1, 0.15) is 0 Å². The third-order valence-electron chi connectivity index (χ3n) is 10.5. The maximum atomic E-state index is 13.6. The van der Waals surface area contributed by atoms with Gasteiger partial charge in [0.05, 0.1) is 27.6 Å². The zero-order chi connectivity index (χ0) is 26.3. The fourth-order valence-corrected chi connectivity index (χ4v) is 8.93. The minimum Gasteiger partial charge on any atom is -0.368 e. The number of nitrogens with zero attached hydrogens (tertiary/aromatic N) is 4. The van der Waals surface area contributed by atoms with Gasteiger partial charge >= 0.3 is 6.03 Å². The van der Waals surface area contributed by atoms with E-state index in [1.165, 1.54) is 0 Å². The van der Waals surface area contributed by atoms with E-state index in [1.807, 2.05) is 23.1 Å². The molecule has 10 heteroatoms. The van der Waals surface area contributed by atoms with E-state index < -0.39 is 0 Å². The second-order valence-corrected chi connectivity index (χ2v) is 13.1. The Bertz CT molecular complexity index is 1170. The first-order valence-corrected chi connectivity index (χ1v) is 14.9. The van der Waals surface area contributed by atoms with Gasteiger partial charge in [-0.15, -0.1) is 0 Å². The number of carbonyl (C=O) groups excluding carboxylic acids is 3. The van der Waals surface area contributed by atoms with Crippen molar-refractivity contribution in [3.63, 3.8) is 0 Å². The number of amides is 4. The van der Waals surface area contributed by atoms with Crippen LogP contribution in [-0.2, 0) is 9.59 Å². The van der Waals surface area contributed by atoms with Gasteiger partial charge in [0.15, 0.2) is 0 Å². The minimum atomic E-state index is -0.231. The zero-order valence-corrected chi connectivity index (χ0v) is 23.2.